The summed E-state index contributed by atoms with van der Waals surface area (Å²) in [4.78, 5) is 4.78. The third-order valence-corrected chi connectivity index (χ3v) is 16.5. The van der Waals surface area contributed by atoms with E-state index in [-0.39, 0.29) is 6.71 Å². The van der Waals surface area contributed by atoms with Gasteiger partial charge < -0.3 is 14.5 Å². The second kappa shape index (κ2) is 12.2. The molecule has 0 N–H and O–H groups in total. The van der Waals surface area contributed by atoms with E-state index in [0.29, 0.717) is 5.56 Å². The first-order valence-corrected chi connectivity index (χ1v) is 20.7. The highest BCUT2D eigenvalue weighted by Gasteiger charge is 2.54. The van der Waals surface area contributed by atoms with Crippen molar-refractivity contribution in [1.29, 1.82) is 5.26 Å². The van der Waals surface area contributed by atoms with Crippen molar-refractivity contribution in [3.63, 3.8) is 0 Å². The average Bonchev–Trinajstić information content (AvgIpc) is 3.26. The molecule has 0 bridgehead atoms. The van der Waals surface area contributed by atoms with Gasteiger partial charge in [-0.2, -0.15) is 5.26 Å². The van der Waals surface area contributed by atoms with Crippen molar-refractivity contribution in [2.75, 3.05) is 9.80 Å². The Balaban J connectivity index is 1.36. The van der Waals surface area contributed by atoms with Crippen LogP contribution in [0.2, 0.25) is 0 Å². The fourth-order valence-electron chi connectivity index (χ4n) is 9.45. The van der Waals surface area contributed by atoms with Gasteiger partial charge in [0.2, 0.25) is 6.71 Å². The molecule has 11 rings (SSSR count). The Morgan fingerprint density at radius 1 is 0.491 bits per heavy atom. The van der Waals surface area contributed by atoms with E-state index in [1.54, 1.807) is 0 Å². The molecule has 8 aromatic carbocycles. The zero-order valence-corrected chi connectivity index (χ0v) is 30.8. The van der Waals surface area contributed by atoms with E-state index >= 15 is 0 Å². The zero-order chi connectivity index (χ0) is 36.5. The molecule has 3 aliphatic rings. The Morgan fingerprint density at radius 2 is 1.05 bits per heavy atom. The molecular weight excluding hydrogens is 685 g/mol. The van der Waals surface area contributed by atoms with Crippen LogP contribution in [0.1, 0.15) is 5.56 Å². The van der Waals surface area contributed by atoms with E-state index in [0.717, 1.165) is 45.6 Å². The Kier molecular flexibility index (Phi) is 7.00. The van der Waals surface area contributed by atoms with Gasteiger partial charge in [0.1, 0.15) is 0 Å². The lowest BCUT2D eigenvalue weighted by Gasteiger charge is -2.49. The first-order chi connectivity index (χ1) is 27.3. The van der Waals surface area contributed by atoms with Gasteiger partial charge in [-0.1, -0.05) is 139 Å². The number of benzene rings is 8. The molecule has 3 aliphatic heterocycles. The molecule has 3 heterocycles. The van der Waals surface area contributed by atoms with Gasteiger partial charge >= 0.3 is 0 Å². The van der Waals surface area contributed by atoms with Crippen LogP contribution in [0.4, 0.5) is 34.1 Å². The molecule has 8 aromatic rings. The molecule has 0 saturated carbocycles. The summed E-state index contributed by atoms with van der Waals surface area (Å²) in [6, 6.07) is 72.2. The summed E-state index contributed by atoms with van der Waals surface area (Å²) in [5, 5.41) is 15.2. The molecule has 55 heavy (non-hydrogen) atoms. The third-order valence-electron chi connectivity index (χ3n) is 11.6. The molecule has 0 aromatic heterocycles. The number of ether oxygens (including phenoxy) is 1. The number of anilines is 6. The molecule has 0 atom stereocenters. The average molecular weight is 718 g/mol. The van der Waals surface area contributed by atoms with Crippen LogP contribution >= 0.6 is 0 Å². The number of hydrogen-bond donors (Lipinski definition) is 0. The number of fused-ring (bicyclic) bond motifs is 7. The van der Waals surface area contributed by atoms with E-state index in [1.165, 1.54) is 37.1 Å². The number of nitrogens with zero attached hydrogens (tertiary/aromatic N) is 3. The van der Waals surface area contributed by atoms with E-state index < -0.39 is 8.07 Å². The van der Waals surface area contributed by atoms with Gasteiger partial charge in [0.15, 0.2) is 19.6 Å². The lowest BCUT2D eigenvalue weighted by molar-refractivity contribution is 0.478. The molecule has 0 unspecified atom stereocenters. The highest BCUT2D eigenvalue weighted by molar-refractivity contribution is 7.26. The molecule has 0 radical (unpaired) electrons. The summed E-state index contributed by atoms with van der Waals surface area (Å²) >= 11 is 0. The Labute approximate surface area is 321 Å². The summed E-state index contributed by atoms with van der Waals surface area (Å²) < 4.78 is 7.26. The maximum atomic E-state index is 9.77. The second-order valence-corrected chi connectivity index (χ2v) is 18.1. The van der Waals surface area contributed by atoms with Crippen LogP contribution < -0.4 is 51.7 Å². The molecule has 6 heteroatoms. The van der Waals surface area contributed by atoms with Crippen molar-refractivity contribution >= 4 is 86.0 Å². The van der Waals surface area contributed by atoms with E-state index in [1.807, 2.05) is 18.2 Å². The van der Waals surface area contributed by atoms with Gasteiger partial charge in [-0.15, -0.1) is 0 Å². The number of rotatable bonds is 4. The minimum atomic E-state index is -3.03. The standard InChI is InChI=1S/C49H32BN3OSi/c51-33-34-28-30-36(31-29-34)52-42-25-13-14-26-44(42)54-49-43(52)32-46-47-48(49)53(35-16-4-1-5-17-35)41-24-12-10-22-39(41)50(47)40-23-11-15-27-45(40)55(46,37-18-6-2-7-19-37)38-20-8-3-9-21-38/h1-32H. The molecular formula is C49H32BN3OSi. The normalized spacial score (nSPS) is 14.0. The Hall–Kier alpha value is -7.07. The fourth-order valence-corrected chi connectivity index (χ4v) is 14.7. The maximum Gasteiger partial charge on any atom is 0.246 e. The number of para-hydroxylation sites is 4. The van der Waals surface area contributed by atoms with E-state index in [2.05, 4.69) is 192 Å². The quantitative estimate of drug-likeness (QED) is 0.182. The highest BCUT2D eigenvalue weighted by Crippen LogP contribution is 2.55. The first-order valence-electron chi connectivity index (χ1n) is 18.7. The largest absolute Gasteiger partial charge is 0.451 e. The molecule has 256 valence electrons. The SMILES string of the molecule is N#Cc1ccc(N2c3ccccc3Oc3c2cc2c4c3N(c3ccccc3)c3ccccc3B4c3ccccc3[Si]2(c2ccccc2)c2ccccc2)cc1. The van der Waals surface area contributed by atoms with Gasteiger partial charge in [-0.05, 0) is 92.3 Å². The van der Waals surface area contributed by atoms with Gasteiger partial charge in [-0.25, -0.2) is 0 Å². The van der Waals surface area contributed by atoms with Crippen LogP contribution in [0, 0.1) is 11.3 Å². The molecule has 0 spiro atoms. The first kappa shape index (κ1) is 31.5. The summed E-state index contributed by atoms with van der Waals surface area (Å²) in [6.45, 7) is -0.0279. The van der Waals surface area contributed by atoms with Crippen molar-refractivity contribution in [3.05, 3.63) is 200 Å². The lowest BCUT2D eigenvalue weighted by Crippen LogP contribution is -2.87. The molecule has 0 saturated heterocycles. The van der Waals surface area contributed by atoms with E-state index in [4.69, 9.17) is 4.74 Å². The Bertz CT molecular complexity index is 2780. The van der Waals surface area contributed by atoms with Crippen molar-refractivity contribution in [1.82, 2.24) is 0 Å². The summed E-state index contributed by atoms with van der Waals surface area (Å²) in [7, 11) is -3.03. The van der Waals surface area contributed by atoms with Crippen molar-refractivity contribution in [2.24, 2.45) is 0 Å². The van der Waals surface area contributed by atoms with Crippen molar-refractivity contribution < 1.29 is 4.74 Å². The van der Waals surface area contributed by atoms with Crippen LogP contribution in [-0.4, -0.2) is 14.8 Å². The summed E-state index contributed by atoms with van der Waals surface area (Å²) in [5.74, 6) is 1.60. The third kappa shape index (κ3) is 4.45. The van der Waals surface area contributed by atoms with E-state index in [9.17, 15) is 5.26 Å². The maximum absolute atomic E-state index is 9.77. The second-order valence-electron chi connectivity index (χ2n) is 14.3. The van der Waals surface area contributed by atoms with Gasteiger partial charge in [0, 0.05) is 17.1 Å². The van der Waals surface area contributed by atoms with Crippen molar-refractivity contribution in [3.8, 4) is 17.6 Å². The topological polar surface area (TPSA) is 39.5 Å². The molecule has 0 aliphatic carbocycles. The van der Waals surface area contributed by atoms with Crippen LogP contribution in [0.3, 0.4) is 0 Å². The number of nitriles is 1. The molecule has 0 amide bonds. The smallest absolute Gasteiger partial charge is 0.246 e. The van der Waals surface area contributed by atoms with Crippen molar-refractivity contribution in [2.45, 2.75) is 0 Å². The number of hydrogen-bond acceptors (Lipinski definition) is 4. The monoisotopic (exact) mass is 717 g/mol. The zero-order valence-electron chi connectivity index (χ0n) is 29.8. The predicted molar refractivity (Wildman–Crippen MR) is 229 cm³/mol. The van der Waals surface area contributed by atoms with Gasteiger partial charge in [0.25, 0.3) is 0 Å². The molecule has 0 fully saturated rings. The Morgan fingerprint density at radius 3 is 1.75 bits per heavy atom. The lowest BCUT2D eigenvalue weighted by atomic mass is 9.34. The summed E-state index contributed by atoms with van der Waals surface area (Å²) in [5.41, 5.74) is 10.7. The summed E-state index contributed by atoms with van der Waals surface area (Å²) in [6.07, 6.45) is 0. The highest BCUT2D eigenvalue weighted by atomic mass is 28.3. The molecule has 4 nitrogen and oxygen atoms in total. The van der Waals surface area contributed by atoms with Crippen LogP contribution in [-0.2, 0) is 0 Å². The minimum Gasteiger partial charge on any atom is -0.451 e. The predicted octanol–water partition coefficient (Wildman–Crippen LogP) is 7.12. The van der Waals surface area contributed by atoms with Gasteiger partial charge in [-0.3, -0.25) is 0 Å². The van der Waals surface area contributed by atoms with Crippen LogP contribution in [0.25, 0.3) is 0 Å². The fraction of sp³-hybridized carbons (Fsp3) is 0. The minimum absolute atomic E-state index is 0.0279. The van der Waals surface area contributed by atoms with Crippen LogP contribution in [0.15, 0.2) is 194 Å². The van der Waals surface area contributed by atoms with Crippen LogP contribution in [0.5, 0.6) is 11.5 Å². The van der Waals surface area contributed by atoms with Gasteiger partial charge in [0.05, 0.1) is 28.7 Å².